The molecule has 1 aromatic rings. The number of nitrogens with two attached hydrogens (primary N) is 1. The first kappa shape index (κ1) is 11.1. The SMILES string of the molecule is Cc1c(O)nc(C2(N)CCCCC2)[nH]c1=O. The van der Waals surface area contributed by atoms with Gasteiger partial charge in [0.05, 0.1) is 11.1 Å². The first-order valence-corrected chi connectivity index (χ1v) is 5.62. The van der Waals surface area contributed by atoms with Crippen LogP contribution >= 0.6 is 0 Å². The number of hydrogen-bond donors (Lipinski definition) is 3. The van der Waals surface area contributed by atoms with Crippen molar-refractivity contribution in [3.05, 3.63) is 21.7 Å². The fraction of sp³-hybridized carbons (Fsp3) is 0.636. The topological polar surface area (TPSA) is 92.0 Å². The van der Waals surface area contributed by atoms with Gasteiger partial charge in [0.1, 0.15) is 5.82 Å². The lowest BCUT2D eigenvalue weighted by Crippen LogP contribution is -2.41. The Labute approximate surface area is 93.7 Å². The largest absolute Gasteiger partial charge is 0.493 e. The molecule has 2 rings (SSSR count). The number of rotatable bonds is 1. The smallest absolute Gasteiger partial charge is 0.257 e. The summed E-state index contributed by atoms with van der Waals surface area (Å²) in [4.78, 5) is 18.2. The van der Waals surface area contributed by atoms with Crippen molar-refractivity contribution >= 4 is 0 Å². The molecular weight excluding hydrogens is 206 g/mol. The minimum atomic E-state index is -0.581. The van der Waals surface area contributed by atoms with Gasteiger partial charge in [0.2, 0.25) is 5.88 Å². The third-order valence-electron chi connectivity index (χ3n) is 3.34. The lowest BCUT2D eigenvalue weighted by molar-refractivity contribution is 0.282. The molecular formula is C11H17N3O2. The fourth-order valence-corrected chi connectivity index (χ4v) is 2.18. The Bertz CT molecular complexity index is 447. The minimum Gasteiger partial charge on any atom is -0.493 e. The van der Waals surface area contributed by atoms with Crippen molar-refractivity contribution < 1.29 is 5.11 Å². The van der Waals surface area contributed by atoms with E-state index in [2.05, 4.69) is 9.97 Å². The highest BCUT2D eigenvalue weighted by atomic mass is 16.3. The van der Waals surface area contributed by atoms with E-state index < -0.39 is 5.54 Å². The highest BCUT2D eigenvalue weighted by Gasteiger charge is 2.32. The Hall–Kier alpha value is -1.36. The summed E-state index contributed by atoms with van der Waals surface area (Å²) < 4.78 is 0. The maximum absolute atomic E-state index is 11.5. The Morgan fingerprint density at radius 2 is 2.00 bits per heavy atom. The number of aromatic amines is 1. The Morgan fingerprint density at radius 1 is 1.38 bits per heavy atom. The highest BCUT2D eigenvalue weighted by Crippen LogP contribution is 2.32. The summed E-state index contributed by atoms with van der Waals surface area (Å²) >= 11 is 0. The van der Waals surface area contributed by atoms with Gasteiger partial charge in [-0.25, -0.2) is 0 Å². The minimum absolute atomic E-state index is 0.214. The molecule has 4 N–H and O–H groups in total. The Kier molecular flexibility index (Phi) is 2.71. The molecule has 0 bridgehead atoms. The number of hydrogen-bond acceptors (Lipinski definition) is 4. The molecule has 5 nitrogen and oxygen atoms in total. The van der Waals surface area contributed by atoms with E-state index in [4.69, 9.17) is 5.73 Å². The van der Waals surface area contributed by atoms with Gasteiger partial charge in [-0.1, -0.05) is 19.3 Å². The van der Waals surface area contributed by atoms with E-state index in [1.165, 1.54) is 13.3 Å². The summed E-state index contributed by atoms with van der Waals surface area (Å²) in [5.41, 5.74) is 5.58. The van der Waals surface area contributed by atoms with E-state index in [0.717, 1.165) is 25.7 Å². The van der Waals surface area contributed by atoms with E-state index in [0.29, 0.717) is 5.82 Å². The number of aromatic hydroxyl groups is 1. The molecule has 0 atom stereocenters. The molecule has 0 saturated heterocycles. The van der Waals surface area contributed by atoms with Gasteiger partial charge in [-0.3, -0.25) is 4.79 Å². The van der Waals surface area contributed by atoms with Crippen molar-refractivity contribution in [3.63, 3.8) is 0 Å². The van der Waals surface area contributed by atoms with E-state index in [9.17, 15) is 9.90 Å². The van der Waals surface area contributed by atoms with Crippen LogP contribution in [0.25, 0.3) is 0 Å². The quantitative estimate of drug-likeness (QED) is 0.659. The van der Waals surface area contributed by atoms with Crippen molar-refractivity contribution in [2.24, 2.45) is 5.73 Å². The second kappa shape index (κ2) is 3.90. The summed E-state index contributed by atoms with van der Waals surface area (Å²) in [6, 6.07) is 0. The third kappa shape index (κ3) is 1.82. The zero-order valence-electron chi connectivity index (χ0n) is 9.42. The summed E-state index contributed by atoms with van der Waals surface area (Å²) in [5, 5.41) is 9.54. The Balaban J connectivity index is 2.43. The van der Waals surface area contributed by atoms with Gasteiger partial charge in [0.15, 0.2) is 0 Å². The third-order valence-corrected chi connectivity index (χ3v) is 3.34. The van der Waals surface area contributed by atoms with Crippen LogP contribution in [0.3, 0.4) is 0 Å². The molecule has 1 fully saturated rings. The molecule has 0 amide bonds. The van der Waals surface area contributed by atoms with Gasteiger partial charge < -0.3 is 15.8 Å². The molecule has 0 aliphatic heterocycles. The molecule has 1 heterocycles. The van der Waals surface area contributed by atoms with Gasteiger partial charge >= 0.3 is 0 Å². The van der Waals surface area contributed by atoms with E-state index in [1.54, 1.807) is 0 Å². The average molecular weight is 223 g/mol. The molecule has 1 aliphatic rings. The van der Waals surface area contributed by atoms with Crippen LogP contribution in [0.2, 0.25) is 0 Å². The van der Waals surface area contributed by atoms with Crippen LogP contribution in [0.15, 0.2) is 4.79 Å². The molecule has 1 aliphatic carbocycles. The summed E-state index contributed by atoms with van der Waals surface area (Å²) in [6.45, 7) is 1.54. The van der Waals surface area contributed by atoms with Crippen molar-refractivity contribution in [1.29, 1.82) is 0 Å². The second-order valence-electron chi connectivity index (χ2n) is 4.58. The second-order valence-corrected chi connectivity index (χ2v) is 4.58. The molecule has 0 radical (unpaired) electrons. The van der Waals surface area contributed by atoms with Crippen LogP contribution in [0.4, 0.5) is 0 Å². The van der Waals surface area contributed by atoms with Crippen LogP contribution in [0.5, 0.6) is 5.88 Å². The van der Waals surface area contributed by atoms with Crippen LogP contribution in [0, 0.1) is 6.92 Å². The van der Waals surface area contributed by atoms with Gasteiger partial charge in [-0.2, -0.15) is 4.98 Å². The molecule has 0 aromatic carbocycles. The number of nitrogens with one attached hydrogen (secondary N) is 1. The fourth-order valence-electron chi connectivity index (χ4n) is 2.18. The predicted octanol–water partition coefficient (Wildman–Crippen LogP) is 0.902. The molecule has 16 heavy (non-hydrogen) atoms. The number of aromatic nitrogens is 2. The number of H-pyrrole nitrogens is 1. The molecule has 0 unspecified atom stereocenters. The summed E-state index contributed by atoms with van der Waals surface area (Å²) in [6.07, 6.45) is 4.85. The number of nitrogens with zero attached hydrogens (tertiary/aromatic N) is 1. The van der Waals surface area contributed by atoms with E-state index in [-0.39, 0.29) is 17.0 Å². The van der Waals surface area contributed by atoms with Crippen LogP contribution in [0.1, 0.15) is 43.5 Å². The van der Waals surface area contributed by atoms with Crippen LogP contribution in [-0.4, -0.2) is 15.1 Å². The van der Waals surface area contributed by atoms with Gasteiger partial charge in [0, 0.05) is 0 Å². The standard InChI is InChI=1S/C11H17N3O2/c1-7-8(15)13-10(14-9(7)16)11(12)5-3-2-4-6-11/h2-6,12H2,1H3,(H2,13,14,15,16). The van der Waals surface area contributed by atoms with Crippen molar-refractivity contribution in [2.75, 3.05) is 0 Å². The van der Waals surface area contributed by atoms with Crippen molar-refractivity contribution in [3.8, 4) is 5.88 Å². The summed E-state index contributed by atoms with van der Waals surface area (Å²) in [5.74, 6) is 0.203. The normalized spacial score (nSPS) is 19.6. The van der Waals surface area contributed by atoms with Crippen LogP contribution in [-0.2, 0) is 5.54 Å². The van der Waals surface area contributed by atoms with Gasteiger partial charge in [-0.15, -0.1) is 0 Å². The predicted molar refractivity (Wildman–Crippen MR) is 60.2 cm³/mol. The Morgan fingerprint density at radius 3 is 2.56 bits per heavy atom. The summed E-state index contributed by atoms with van der Waals surface area (Å²) in [7, 11) is 0. The molecule has 0 spiro atoms. The highest BCUT2D eigenvalue weighted by molar-refractivity contribution is 5.22. The average Bonchev–Trinajstić information content (AvgIpc) is 2.26. The maximum atomic E-state index is 11.5. The molecule has 5 heteroatoms. The molecule has 1 aromatic heterocycles. The molecule has 1 saturated carbocycles. The van der Waals surface area contributed by atoms with Crippen molar-refractivity contribution in [1.82, 2.24) is 9.97 Å². The van der Waals surface area contributed by atoms with E-state index >= 15 is 0 Å². The zero-order valence-corrected chi connectivity index (χ0v) is 9.42. The molecule has 88 valence electrons. The monoisotopic (exact) mass is 223 g/mol. The van der Waals surface area contributed by atoms with E-state index in [1.807, 2.05) is 0 Å². The zero-order chi connectivity index (χ0) is 11.8. The van der Waals surface area contributed by atoms with Crippen LogP contribution < -0.4 is 11.3 Å². The first-order valence-electron chi connectivity index (χ1n) is 5.62. The lowest BCUT2D eigenvalue weighted by Gasteiger charge is -2.32. The lowest BCUT2D eigenvalue weighted by atomic mass is 9.82. The maximum Gasteiger partial charge on any atom is 0.257 e. The van der Waals surface area contributed by atoms with Crippen molar-refractivity contribution in [2.45, 2.75) is 44.6 Å². The first-order chi connectivity index (χ1) is 7.53. The van der Waals surface area contributed by atoms with Gasteiger partial charge in [-0.05, 0) is 19.8 Å². The van der Waals surface area contributed by atoms with Gasteiger partial charge in [0.25, 0.3) is 5.56 Å².